The van der Waals surface area contributed by atoms with Crippen molar-refractivity contribution in [1.82, 2.24) is 25.8 Å². The fourth-order valence-electron chi connectivity index (χ4n) is 5.14. The number of methoxy groups -OCH3 is 1. The van der Waals surface area contributed by atoms with E-state index in [1.807, 2.05) is 24.3 Å². The van der Waals surface area contributed by atoms with Crippen LogP contribution in [0.15, 0.2) is 40.5 Å². The topological polar surface area (TPSA) is 133 Å². The van der Waals surface area contributed by atoms with Crippen LogP contribution in [0.4, 0.5) is 9.59 Å². The van der Waals surface area contributed by atoms with Crippen LogP contribution in [0.3, 0.4) is 0 Å². The summed E-state index contributed by atoms with van der Waals surface area (Å²) in [6, 6.07) is 0.950. The second-order valence-electron chi connectivity index (χ2n) is 9.76. The summed E-state index contributed by atoms with van der Waals surface area (Å²) >= 11 is 0. The van der Waals surface area contributed by atoms with Gasteiger partial charge in [-0.3, -0.25) is 14.9 Å². The number of carbonyl (C=O) groups excluding carboxylic acids is 4. The quantitative estimate of drug-likeness (QED) is 0.503. The molecule has 3 N–H and O–H groups in total. The van der Waals surface area contributed by atoms with Crippen molar-refractivity contribution in [3.05, 3.63) is 53.2 Å². The summed E-state index contributed by atoms with van der Waals surface area (Å²) in [6.07, 6.45) is 9.92. The molecule has 1 aromatic rings. The number of imide groups is 1. The molecule has 6 amide bonds. The monoisotopic (exact) mass is 495 g/mol. The zero-order chi connectivity index (χ0) is 25.6. The van der Waals surface area contributed by atoms with Crippen LogP contribution < -0.4 is 16.0 Å². The van der Waals surface area contributed by atoms with Gasteiger partial charge in [-0.2, -0.15) is 0 Å². The SMILES string of the molecule is COC1=CC2C(=O)N(C[C@@]3(c4cc5c(o4)C=CC(CNC(=O)N(C)C)C5)NC(=O)NC3=O)CC2C=C1. The highest BCUT2D eigenvalue weighted by Gasteiger charge is 2.54. The smallest absolute Gasteiger partial charge is 0.322 e. The standard InChI is InChI=1S/C25H29N5O6/c1-29(2)24(34)26-11-14-4-7-19-16(8-14)9-20(36-19)25(22(32)27-23(33)28-25)13-30-12-15-5-6-17(35-3)10-18(15)21(30)31/h4-7,9-10,14-15,18H,8,11-13H2,1-3H3,(H,26,34)(H2,27,28,32,33)/t14?,15?,18?,25-/m0/s1. The number of carbonyl (C=O) groups is 4. The highest BCUT2D eigenvalue weighted by atomic mass is 16.5. The molecule has 2 saturated heterocycles. The van der Waals surface area contributed by atoms with E-state index in [1.165, 1.54) is 4.90 Å². The molecule has 11 heteroatoms. The first-order valence-electron chi connectivity index (χ1n) is 11.8. The average molecular weight is 496 g/mol. The van der Waals surface area contributed by atoms with Crippen LogP contribution in [0, 0.1) is 17.8 Å². The first-order valence-corrected chi connectivity index (χ1v) is 11.8. The number of fused-ring (bicyclic) bond motifs is 2. The van der Waals surface area contributed by atoms with E-state index in [0.29, 0.717) is 31.0 Å². The second-order valence-corrected chi connectivity index (χ2v) is 9.76. The van der Waals surface area contributed by atoms with E-state index >= 15 is 0 Å². The minimum atomic E-state index is -1.54. The lowest BCUT2D eigenvalue weighted by Gasteiger charge is -2.29. The molecule has 0 saturated carbocycles. The molecule has 2 fully saturated rings. The molecular weight excluding hydrogens is 466 g/mol. The third-order valence-corrected chi connectivity index (χ3v) is 7.13. The number of allylic oxidation sites excluding steroid dienone is 1. The summed E-state index contributed by atoms with van der Waals surface area (Å²) in [5.74, 6) is 0.397. The number of furan rings is 1. The molecule has 36 heavy (non-hydrogen) atoms. The van der Waals surface area contributed by atoms with Crippen LogP contribution in [-0.4, -0.2) is 74.5 Å². The van der Waals surface area contributed by atoms with E-state index in [1.54, 1.807) is 38.2 Å². The van der Waals surface area contributed by atoms with E-state index in [2.05, 4.69) is 16.0 Å². The minimum Gasteiger partial charge on any atom is -0.497 e. The largest absolute Gasteiger partial charge is 0.497 e. The van der Waals surface area contributed by atoms with Crippen molar-refractivity contribution < 1.29 is 28.3 Å². The van der Waals surface area contributed by atoms with Crippen LogP contribution in [0.2, 0.25) is 0 Å². The summed E-state index contributed by atoms with van der Waals surface area (Å²) in [4.78, 5) is 53.5. The number of hydrogen-bond donors (Lipinski definition) is 3. The Kier molecular flexibility index (Phi) is 5.85. The zero-order valence-electron chi connectivity index (χ0n) is 20.4. The predicted octanol–water partition coefficient (Wildman–Crippen LogP) is 0.946. The zero-order valence-corrected chi connectivity index (χ0v) is 20.4. The Balaban J connectivity index is 1.38. The Labute approximate surface area is 208 Å². The van der Waals surface area contributed by atoms with Crippen molar-refractivity contribution >= 4 is 30.0 Å². The molecule has 2 aliphatic carbocycles. The van der Waals surface area contributed by atoms with E-state index in [-0.39, 0.29) is 42.0 Å². The summed E-state index contributed by atoms with van der Waals surface area (Å²) in [6.45, 7) is 0.802. The van der Waals surface area contributed by atoms with Crippen molar-refractivity contribution in [1.29, 1.82) is 0 Å². The number of hydrogen-bond acceptors (Lipinski definition) is 6. The number of rotatable bonds is 6. The molecular formula is C25H29N5O6. The fraction of sp³-hybridized carbons (Fsp3) is 0.440. The highest BCUT2D eigenvalue weighted by Crippen LogP contribution is 2.37. The van der Waals surface area contributed by atoms with Gasteiger partial charge < -0.3 is 29.6 Å². The van der Waals surface area contributed by atoms with E-state index in [0.717, 1.165) is 5.56 Å². The Bertz CT molecular complexity index is 1210. The third-order valence-electron chi connectivity index (χ3n) is 7.13. The van der Waals surface area contributed by atoms with Gasteiger partial charge in [0.15, 0.2) is 5.54 Å². The van der Waals surface area contributed by atoms with Crippen LogP contribution >= 0.6 is 0 Å². The number of nitrogens with zero attached hydrogens (tertiary/aromatic N) is 2. The van der Waals surface area contributed by atoms with E-state index in [4.69, 9.17) is 9.15 Å². The van der Waals surface area contributed by atoms with Crippen molar-refractivity contribution in [3.63, 3.8) is 0 Å². The van der Waals surface area contributed by atoms with Gasteiger partial charge in [-0.25, -0.2) is 9.59 Å². The number of urea groups is 2. The lowest BCUT2D eigenvalue weighted by atomic mass is 9.91. The fourth-order valence-corrected chi connectivity index (χ4v) is 5.14. The average Bonchev–Trinajstić information content (AvgIpc) is 3.50. The highest BCUT2D eigenvalue weighted by molar-refractivity contribution is 6.07. The maximum Gasteiger partial charge on any atom is 0.322 e. The lowest BCUT2D eigenvalue weighted by molar-refractivity contribution is -0.133. The molecule has 0 spiro atoms. The molecule has 190 valence electrons. The molecule has 0 aromatic carbocycles. The van der Waals surface area contributed by atoms with Gasteiger partial charge in [0.1, 0.15) is 17.3 Å². The predicted molar refractivity (Wildman–Crippen MR) is 128 cm³/mol. The van der Waals surface area contributed by atoms with Gasteiger partial charge in [0.05, 0.1) is 19.6 Å². The van der Waals surface area contributed by atoms with Crippen molar-refractivity contribution in [2.45, 2.75) is 12.0 Å². The molecule has 3 heterocycles. The van der Waals surface area contributed by atoms with Gasteiger partial charge in [-0.05, 0) is 42.2 Å². The van der Waals surface area contributed by atoms with Crippen LogP contribution in [0.5, 0.6) is 0 Å². The normalized spacial score (nSPS) is 28.3. The Morgan fingerprint density at radius 1 is 1.28 bits per heavy atom. The van der Waals surface area contributed by atoms with Gasteiger partial charge in [0, 0.05) is 33.1 Å². The van der Waals surface area contributed by atoms with Gasteiger partial charge >= 0.3 is 12.1 Å². The maximum absolute atomic E-state index is 13.2. The summed E-state index contributed by atoms with van der Waals surface area (Å²) in [5, 5.41) is 7.90. The van der Waals surface area contributed by atoms with Crippen LogP contribution in [0.25, 0.3) is 6.08 Å². The number of ether oxygens (including phenoxy) is 1. The van der Waals surface area contributed by atoms with Crippen molar-refractivity contribution in [2.75, 3.05) is 40.8 Å². The first-order chi connectivity index (χ1) is 17.2. The molecule has 0 radical (unpaired) electrons. The Morgan fingerprint density at radius 3 is 2.78 bits per heavy atom. The summed E-state index contributed by atoms with van der Waals surface area (Å²) in [7, 11) is 4.90. The minimum absolute atomic E-state index is 0.0421. The maximum atomic E-state index is 13.2. The van der Waals surface area contributed by atoms with Gasteiger partial charge in [0.2, 0.25) is 5.91 Å². The molecule has 4 aliphatic rings. The second kappa shape index (κ2) is 8.89. The van der Waals surface area contributed by atoms with Crippen molar-refractivity contribution in [2.24, 2.45) is 17.8 Å². The summed E-state index contributed by atoms with van der Waals surface area (Å²) < 4.78 is 11.4. The number of nitrogens with one attached hydrogen (secondary N) is 3. The summed E-state index contributed by atoms with van der Waals surface area (Å²) in [5.41, 5.74) is -0.681. The van der Waals surface area contributed by atoms with Gasteiger partial charge in [-0.15, -0.1) is 0 Å². The Hall–Kier alpha value is -4.02. The molecule has 3 unspecified atom stereocenters. The molecule has 4 atom stereocenters. The van der Waals surface area contributed by atoms with Crippen molar-refractivity contribution in [3.8, 4) is 0 Å². The van der Waals surface area contributed by atoms with E-state index in [9.17, 15) is 19.2 Å². The van der Waals surface area contributed by atoms with Gasteiger partial charge in [0.25, 0.3) is 5.91 Å². The molecule has 1 aromatic heterocycles. The van der Waals surface area contributed by atoms with Crippen LogP contribution in [-0.2, 0) is 26.3 Å². The molecule has 11 nitrogen and oxygen atoms in total. The van der Waals surface area contributed by atoms with Gasteiger partial charge in [-0.1, -0.05) is 12.2 Å². The van der Waals surface area contributed by atoms with E-state index < -0.39 is 17.5 Å². The molecule has 0 bridgehead atoms. The Morgan fingerprint density at radius 2 is 2.08 bits per heavy atom. The molecule has 2 aliphatic heterocycles. The third kappa shape index (κ3) is 4.04. The van der Waals surface area contributed by atoms with Crippen LogP contribution in [0.1, 0.15) is 17.1 Å². The first kappa shape index (κ1) is 23.7. The molecule has 5 rings (SSSR count). The number of amides is 6. The lowest BCUT2D eigenvalue weighted by Crippen LogP contribution is -2.53. The number of likely N-dealkylation sites (tertiary alicyclic amines) is 1.